The van der Waals surface area contributed by atoms with Crippen LogP contribution in [0.5, 0.6) is 17.2 Å². The van der Waals surface area contributed by atoms with E-state index in [9.17, 15) is 4.91 Å². The van der Waals surface area contributed by atoms with E-state index in [2.05, 4.69) is 5.18 Å². The minimum Gasteiger partial charge on any atom is -0.493 e. The SMILES string of the molecule is COc1ccc(OCc2ccccc2C(C#N)N=O)cc1OC. The number of hydrogen-bond donors (Lipinski definition) is 0. The van der Waals surface area contributed by atoms with E-state index in [0.29, 0.717) is 22.8 Å². The molecule has 0 aliphatic heterocycles. The van der Waals surface area contributed by atoms with E-state index in [-0.39, 0.29) is 6.61 Å². The summed E-state index contributed by atoms with van der Waals surface area (Å²) < 4.78 is 16.1. The van der Waals surface area contributed by atoms with Crippen LogP contribution in [0.1, 0.15) is 17.2 Å². The lowest BCUT2D eigenvalue weighted by molar-refractivity contribution is 0.299. The number of benzene rings is 2. The first kappa shape index (κ1) is 16.3. The average molecular weight is 312 g/mol. The van der Waals surface area contributed by atoms with Crippen molar-refractivity contribution in [2.45, 2.75) is 12.6 Å². The molecule has 0 radical (unpaired) electrons. The molecule has 0 N–H and O–H groups in total. The summed E-state index contributed by atoms with van der Waals surface area (Å²) in [7, 11) is 3.10. The van der Waals surface area contributed by atoms with Crippen molar-refractivity contribution in [3.05, 3.63) is 58.5 Å². The summed E-state index contributed by atoms with van der Waals surface area (Å²) >= 11 is 0. The third kappa shape index (κ3) is 3.77. The second kappa shape index (κ2) is 7.80. The van der Waals surface area contributed by atoms with Gasteiger partial charge in [0.15, 0.2) is 11.5 Å². The van der Waals surface area contributed by atoms with Gasteiger partial charge in [-0.2, -0.15) is 5.26 Å². The standard InChI is InChI=1S/C17H16N2O4/c1-21-16-8-7-13(9-17(16)22-2)23-11-12-5-3-4-6-14(12)15(10-18)19-20/h3-9,15H,11H2,1-2H3. The fraction of sp³-hybridized carbons (Fsp3) is 0.235. The largest absolute Gasteiger partial charge is 0.493 e. The second-order valence-corrected chi connectivity index (χ2v) is 4.64. The molecule has 1 unspecified atom stereocenters. The highest BCUT2D eigenvalue weighted by atomic mass is 16.5. The molecule has 6 heteroatoms. The maximum Gasteiger partial charge on any atom is 0.203 e. The second-order valence-electron chi connectivity index (χ2n) is 4.64. The van der Waals surface area contributed by atoms with Crippen molar-refractivity contribution >= 4 is 0 Å². The molecule has 0 saturated heterocycles. The molecule has 0 fully saturated rings. The molecule has 2 aromatic carbocycles. The lowest BCUT2D eigenvalue weighted by Gasteiger charge is -2.13. The molecule has 0 aliphatic carbocycles. The van der Waals surface area contributed by atoms with Crippen molar-refractivity contribution < 1.29 is 14.2 Å². The number of nitriles is 1. The molecule has 0 amide bonds. The Hall–Kier alpha value is -3.07. The van der Waals surface area contributed by atoms with E-state index < -0.39 is 6.04 Å². The van der Waals surface area contributed by atoms with Crippen LogP contribution in [0.25, 0.3) is 0 Å². The fourth-order valence-electron chi connectivity index (χ4n) is 2.15. The van der Waals surface area contributed by atoms with Crippen LogP contribution >= 0.6 is 0 Å². The molecule has 0 saturated carbocycles. The molecule has 2 aromatic rings. The predicted molar refractivity (Wildman–Crippen MR) is 84.5 cm³/mol. The van der Waals surface area contributed by atoms with Gasteiger partial charge in [-0.1, -0.05) is 24.3 Å². The number of methoxy groups -OCH3 is 2. The third-order valence-electron chi connectivity index (χ3n) is 3.33. The summed E-state index contributed by atoms with van der Waals surface area (Å²) in [6.07, 6.45) is 0. The summed E-state index contributed by atoms with van der Waals surface area (Å²) in [5.41, 5.74) is 1.28. The maximum atomic E-state index is 10.8. The Morgan fingerprint density at radius 2 is 1.87 bits per heavy atom. The highest BCUT2D eigenvalue weighted by Gasteiger charge is 2.15. The Balaban J connectivity index is 2.19. The fourth-order valence-corrected chi connectivity index (χ4v) is 2.15. The van der Waals surface area contributed by atoms with Crippen LogP contribution in [0.2, 0.25) is 0 Å². The molecular formula is C17H16N2O4. The number of nitrogens with zero attached hydrogens (tertiary/aromatic N) is 2. The van der Waals surface area contributed by atoms with Crippen molar-refractivity contribution in [2.24, 2.45) is 5.18 Å². The Bertz CT molecular complexity index is 725. The minimum absolute atomic E-state index is 0.208. The topological polar surface area (TPSA) is 80.9 Å². The first-order valence-electron chi connectivity index (χ1n) is 6.88. The van der Waals surface area contributed by atoms with Crippen molar-refractivity contribution in [3.63, 3.8) is 0 Å². The van der Waals surface area contributed by atoms with Crippen LogP contribution < -0.4 is 14.2 Å². The van der Waals surface area contributed by atoms with Crippen molar-refractivity contribution in [3.8, 4) is 23.3 Å². The summed E-state index contributed by atoms with van der Waals surface area (Å²) in [6, 6.07) is 13.1. The number of ether oxygens (including phenoxy) is 3. The van der Waals surface area contributed by atoms with Gasteiger partial charge in [-0.15, -0.1) is 4.91 Å². The third-order valence-corrected chi connectivity index (χ3v) is 3.33. The average Bonchev–Trinajstić information content (AvgIpc) is 2.61. The summed E-state index contributed by atoms with van der Waals surface area (Å²) in [5.74, 6) is 1.75. The molecule has 0 spiro atoms. The highest BCUT2D eigenvalue weighted by Crippen LogP contribution is 2.31. The Morgan fingerprint density at radius 3 is 2.52 bits per heavy atom. The van der Waals surface area contributed by atoms with Crippen LogP contribution in [0.15, 0.2) is 47.6 Å². The number of rotatable bonds is 7. The summed E-state index contributed by atoms with van der Waals surface area (Å²) in [4.78, 5) is 10.8. The molecular weight excluding hydrogens is 296 g/mol. The van der Waals surface area contributed by atoms with E-state index in [1.807, 2.05) is 12.1 Å². The zero-order chi connectivity index (χ0) is 16.7. The normalized spacial score (nSPS) is 11.2. The Kier molecular flexibility index (Phi) is 5.53. The summed E-state index contributed by atoms with van der Waals surface area (Å²) in [6.45, 7) is 0.208. The molecule has 0 bridgehead atoms. The first-order chi connectivity index (χ1) is 11.2. The molecule has 1 atom stereocenters. The van der Waals surface area contributed by atoms with Gasteiger partial charge >= 0.3 is 0 Å². The summed E-state index contributed by atoms with van der Waals surface area (Å²) in [5, 5.41) is 11.8. The molecule has 23 heavy (non-hydrogen) atoms. The van der Waals surface area contributed by atoms with E-state index in [0.717, 1.165) is 5.56 Å². The Labute approximate surface area is 134 Å². The van der Waals surface area contributed by atoms with E-state index in [1.165, 1.54) is 0 Å². The maximum absolute atomic E-state index is 10.8. The van der Waals surface area contributed by atoms with Gasteiger partial charge in [-0.25, -0.2) is 0 Å². The van der Waals surface area contributed by atoms with Gasteiger partial charge in [0, 0.05) is 11.6 Å². The molecule has 2 rings (SSSR count). The Morgan fingerprint density at radius 1 is 1.13 bits per heavy atom. The van der Waals surface area contributed by atoms with Crippen LogP contribution in [-0.4, -0.2) is 14.2 Å². The molecule has 6 nitrogen and oxygen atoms in total. The molecule has 0 aromatic heterocycles. The minimum atomic E-state index is -1.04. The van der Waals surface area contributed by atoms with Gasteiger partial charge in [0.1, 0.15) is 12.4 Å². The first-order valence-corrected chi connectivity index (χ1v) is 6.88. The van der Waals surface area contributed by atoms with Gasteiger partial charge in [0.25, 0.3) is 0 Å². The van der Waals surface area contributed by atoms with Gasteiger partial charge in [-0.3, -0.25) is 0 Å². The van der Waals surface area contributed by atoms with Gasteiger partial charge < -0.3 is 14.2 Å². The van der Waals surface area contributed by atoms with Crippen molar-refractivity contribution in [1.29, 1.82) is 5.26 Å². The zero-order valence-electron chi connectivity index (χ0n) is 12.9. The molecule has 0 aliphatic rings. The van der Waals surface area contributed by atoms with E-state index in [4.69, 9.17) is 19.5 Å². The van der Waals surface area contributed by atoms with Gasteiger partial charge in [0.05, 0.1) is 20.3 Å². The predicted octanol–water partition coefficient (Wildman–Crippen LogP) is 3.61. The molecule has 0 heterocycles. The van der Waals surface area contributed by atoms with E-state index >= 15 is 0 Å². The number of hydrogen-bond acceptors (Lipinski definition) is 6. The monoisotopic (exact) mass is 312 g/mol. The van der Waals surface area contributed by atoms with Crippen LogP contribution in [0.3, 0.4) is 0 Å². The van der Waals surface area contributed by atoms with Gasteiger partial charge in [0.2, 0.25) is 6.04 Å². The smallest absolute Gasteiger partial charge is 0.203 e. The van der Waals surface area contributed by atoms with E-state index in [1.54, 1.807) is 50.6 Å². The van der Waals surface area contributed by atoms with Crippen molar-refractivity contribution in [1.82, 2.24) is 0 Å². The van der Waals surface area contributed by atoms with Crippen LogP contribution in [-0.2, 0) is 6.61 Å². The zero-order valence-corrected chi connectivity index (χ0v) is 12.9. The molecule has 118 valence electrons. The highest BCUT2D eigenvalue weighted by molar-refractivity contribution is 5.45. The number of nitroso groups, excluding NO2 is 1. The van der Waals surface area contributed by atoms with Crippen molar-refractivity contribution in [2.75, 3.05) is 14.2 Å². The quantitative estimate of drug-likeness (QED) is 0.729. The van der Waals surface area contributed by atoms with Gasteiger partial charge in [-0.05, 0) is 22.9 Å². The van der Waals surface area contributed by atoms with Crippen LogP contribution in [0.4, 0.5) is 0 Å². The van der Waals surface area contributed by atoms with Crippen LogP contribution in [0, 0.1) is 16.2 Å². The lowest BCUT2D eigenvalue weighted by atomic mass is 10.0. The lowest BCUT2D eigenvalue weighted by Crippen LogP contribution is -2.03.